The van der Waals surface area contributed by atoms with Crippen LogP contribution in [-0.4, -0.2) is 52.2 Å². The number of halogens is 1. The van der Waals surface area contributed by atoms with E-state index in [9.17, 15) is 17.6 Å². The van der Waals surface area contributed by atoms with Gasteiger partial charge >= 0.3 is 5.97 Å². The largest absolute Gasteiger partial charge is 0.478 e. The summed E-state index contributed by atoms with van der Waals surface area (Å²) in [4.78, 5) is 10.2. The van der Waals surface area contributed by atoms with Gasteiger partial charge in [0.05, 0.1) is 24.5 Å². The average Bonchev–Trinajstić information content (AvgIpc) is 2.42. The summed E-state index contributed by atoms with van der Waals surface area (Å²) in [7, 11) is -2.28. The molecule has 1 rings (SSSR count). The fourth-order valence-electron chi connectivity index (χ4n) is 1.59. The lowest BCUT2D eigenvalue weighted by Gasteiger charge is -2.07. The molecule has 0 aliphatic heterocycles. The number of hydrogen-bond acceptors (Lipinski definition) is 5. The molecular weight excluding hydrogens is 303 g/mol. The van der Waals surface area contributed by atoms with Crippen LogP contribution in [0, 0.1) is 5.82 Å². The zero-order valence-corrected chi connectivity index (χ0v) is 12.4. The number of carboxylic acid groups (broad SMARTS) is 1. The van der Waals surface area contributed by atoms with Crippen molar-refractivity contribution in [3.63, 3.8) is 0 Å². The minimum Gasteiger partial charge on any atom is -0.478 e. The van der Waals surface area contributed by atoms with Crippen LogP contribution in [0.2, 0.25) is 0 Å². The third kappa shape index (κ3) is 5.41. The van der Waals surface area contributed by atoms with E-state index in [1.165, 1.54) is 7.11 Å². The van der Waals surface area contributed by atoms with Gasteiger partial charge in [0.2, 0.25) is 0 Å². The van der Waals surface area contributed by atoms with Crippen LogP contribution < -0.4 is 0 Å². The lowest BCUT2D eigenvalue weighted by atomic mass is 10.2. The van der Waals surface area contributed by atoms with Crippen LogP contribution in [0.5, 0.6) is 0 Å². The summed E-state index contributed by atoms with van der Waals surface area (Å²) in [5, 5.41) is 8.70. The Labute approximate surface area is 122 Å². The van der Waals surface area contributed by atoms with E-state index in [2.05, 4.69) is 0 Å². The van der Waals surface area contributed by atoms with Crippen molar-refractivity contribution in [2.24, 2.45) is 0 Å². The first kappa shape index (κ1) is 17.5. The molecule has 0 aromatic heterocycles. The number of hydrogen-bond donors (Lipinski definition) is 1. The van der Waals surface area contributed by atoms with Gasteiger partial charge in [-0.2, -0.15) is 0 Å². The third-order valence-electron chi connectivity index (χ3n) is 2.65. The molecule has 0 amide bonds. The van der Waals surface area contributed by atoms with Gasteiger partial charge < -0.3 is 14.6 Å². The summed E-state index contributed by atoms with van der Waals surface area (Å²) in [5.41, 5.74) is -0.297. The number of carboxylic acids is 1. The highest BCUT2D eigenvalue weighted by Crippen LogP contribution is 2.18. The standard InChI is InChI=1S/C13H17FO6S/c1-19-6-7-20-5-2-8-21(17,18)12-4-3-10(13(15)16)9-11(12)14/h3-4,9H,2,5-8H2,1H3,(H,15,16). The van der Waals surface area contributed by atoms with Crippen LogP contribution in [-0.2, 0) is 19.3 Å². The van der Waals surface area contributed by atoms with Crippen molar-refractivity contribution in [1.29, 1.82) is 0 Å². The van der Waals surface area contributed by atoms with E-state index in [1.54, 1.807) is 0 Å². The minimum absolute atomic E-state index is 0.214. The van der Waals surface area contributed by atoms with Crippen LogP contribution in [0.15, 0.2) is 23.1 Å². The molecule has 0 spiro atoms. The van der Waals surface area contributed by atoms with Crippen molar-refractivity contribution in [1.82, 2.24) is 0 Å². The Kier molecular flexibility index (Phi) is 6.73. The lowest BCUT2D eigenvalue weighted by molar-refractivity contribution is 0.0696. The molecule has 0 fully saturated rings. The predicted octanol–water partition coefficient (Wildman–Crippen LogP) is 1.35. The van der Waals surface area contributed by atoms with Crippen molar-refractivity contribution in [2.75, 3.05) is 32.7 Å². The van der Waals surface area contributed by atoms with Crippen molar-refractivity contribution < 1.29 is 32.2 Å². The fraction of sp³-hybridized carbons (Fsp3) is 0.462. The first-order valence-corrected chi connectivity index (χ1v) is 7.86. The van der Waals surface area contributed by atoms with Gasteiger partial charge in [0.15, 0.2) is 9.84 Å². The average molecular weight is 320 g/mol. The number of aromatic carboxylic acids is 1. The van der Waals surface area contributed by atoms with Crippen molar-refractivity contribution in [2.45, 2.75) is 11.3 Å². The van der Waals surface area contributed by atoms with Crippen LogP contribution in [0.3, 0.4) is 0 Å². The molecule has 0 unspecified atom stereocenters. The number of sulfone groups is 1. The van der Waals surface area contributed by atoms with Gasteiger partial charge in [0.1, 0.15) is 10.7 Å². The second-order valence-corrected chi connectivity index (χ2v) is 6.31. The molecule has 0 bridgehead atoms. The SMILES string of the molecule is COCCOCCCS(=O)(=O)c1ccc(C(=O)O)cc1F. The highest BCUT2D eigenvalue weighted by Gasteiger charge is 2.20. The molecule has 1 aromatic rings. The first-order valence-electron chi connectivity index (χ1n) is 6.21. The molecule has 118 valence electrons. The quantitative estimate of drug-likeness (QED) is 0.691. The predicted molar refractivity (Wildman–Crippen MR) is 72.7 cm³/mol. The number of ether oxygens (including phenoxy) is 2. The molecule has 8 heteroatoms. The van der Waals surface area contributed by atoms with Gasteiger partial charge in [-0.3, -0.25) is 0 Å². The summed E-state index contributed by atoms with van der Waals surface area (Å²) in [6, 6.07) is 2.73. The molecule has 0 radical (unpaired) electrons. The first-order chi connectivity index (χ1) is 9.88. The van der Waals surface area contributed by atoms with Gasteiger partial charge in [-0.25, -0.2) is 17.6 Å². The number of rotatable bonds is 9. The molecule has 1 N–H and O–H groups in total. The van der Waals surface area contributed by atoms with E-state index < -0.39 is 26.5 Å². The Hall–Kier alpha value is -1.51. The van der Waals surface area contributed by atoms with Gasteiger partial charge in [-0.1, -0.05) is 0 Å². The van der Waals surface area contributed by atoms with E-state index in [0.29, 0.717) is 19.3 Å². The van der Waals surface area contributed by atoms with E-state index in [-0.39, 0.29) is 24.3 Å². The maximum absolute atomic E-state index is 13.7. The van der Waals surface area contributed by atoms with Gasteiger partial charge in [0.25, 0.3) is 0 Å². The molecule has 1 aromatic carbocycles. The maximum atomic E-state index is 13.7. The topological polar surface area (TPSA) is 89.9 Å². The Morgan fingerprint density at radius 3 is 2.57 bits per heavy atom. The summed E-state index contributed by atoms with van der Waals surface area (Å²) in [6.45, 7) is 0.994. The highest BCUT2D eigenvalue weighted by molar-refractivity contribution is 7.91. The van der Waals surface area contributed by atoms with Crippen LogP contribution in [0.4, 0.5) is 4.39 Å². The second kappa shape index (κ2) is 8.06. The normalized spacial score (nSPS) is 11.5. The molecular formula is C13H17FO6S. The molecule has 0 saturated carbocycles. The monoisotopic (exact) mass is 320 g/mol. The highest BCUT2D eigenvalue weighted by atomic mass is 32.2. The summed E-state index contributed by atoms with van der Waals surface area (Å²) < 4.78 is 47.5. The molecule has 0 heterocycles. The number of methoxy groups -OCH3 is 1. The van der Waals surface area contributed by atoms with E-state index in [0.717, 1.165) is 12.1 Å². The van der Waals surface area contributed by atoms with Crippen LogP contribution in [0.25, 0.3) is 0 Å². The number of carbonyl (C=O) groups is 1. The molecule has 0 saturated heterocycles. The lowest BCUT2D eigenvalue weighted by Crippen LogP contribution is -2.13. The van der Waals surface area contributed by atoms with Gasteiger partial charge in [0, 0.05) is 13.7 Å². The minimum atomic E-state index is -3.81. The van der Waals surface area contributed by atoms with E-state index in [1.807, 2.05) is 0 Å². The third-order valence-corrected chi connectivity index (χ3v) is 4.47. The fourth-order valence-corrected chi connectivity index (χ4v) is 2.94. The Bertz CT molecular complexity index is 584. The number of benzene rings is 1. The Morgan fingerprint density at radius 2 is 2.00 bits per heavy atom. The smallest absolute Gasteiger partial charge is 0.335 e. The molecule has 6 nitrogen and oxygen atoms in total. The van der Waals surface area contributed by atoms with Crippen molar-refractivity contribution >= 4 is 15.8 Å². The zero-order chi connectivity index (χ0) is 15.9. The van der Waals surface area contributed by atoms with Gasteiger partial charge in [-0.15, -0.1) is 0 Å². The Balaban J connectivity index is 2.64. The van der Waals surface area contributed by atoms with E-state index in [4.69, 9.17) is 14.6 Å². The Morgan fingerprint density at radius 1 is 1.29 bits per heavy atom. The summed E-state index contributed by atoms with van der Waals surface area (Å²) in [5.74, 6) is -2.65. The molecule has 0 atom stereocenters. The summed E-state index contributed by atoms with van der Waals surface area (Å²) in [6.07, 6.45) is 0.214. The van der Waals surface area contributed by atoms with Crippen molar-refractivity contribution in [3.05, 3.63) is 29.6 Å². The van der Waals surface area contributed by atoms with Crippen molar-refractivity contribution in [3.8, 4) is 0 Å². The van der Waals surface area contributed by atoms with E-state index >= 15 is 0 Å². The van der Waals surface area contributed by atoms with Crippen LogP contribution >= 0.6 is 0 Å². The maximum Gasteiger partial charge on any atom is 0.335 e. The molecule has 0 aliphatic carbocycles. The van der Waals surface area contributed by atoms with Gasteiger partial charge in [-0.05, 0) is 24.6 Å². The molecule has 21 heavy (non-hydrogen) atoms. The second-order valence-electron chi connectivity index (χ2n) is 4.23. The zero-order valence-electron chi connectivity index (χ0n) is 11.5. The summed E-state index contributed by atoms with van der Waals surface area (Å²) >= 11 is 0. The molecule has 0 aliphatic rings. The van der Waals surface area contributed by atoms with Crippen LogP contribution in [0.1, 0.15) is 16.8 Å².